The predicted molar refractivity (Wildman–Crippen MR) is 109 cm³/mol. The first kappa shape index (κ1) is 19.0. The molecule has 28 heavy (non-hydrogen) atoms. The number of likely N-dealkylation sites (N-methyl/N-ethyl adjacent to an activating group) is 1. The van der Waals surface area contributed by atoms with Crippen LogP contribution in [0.1, 0.15) is 57.7 Å². The third kappa shape index (κ3) is 3.40. The molecule has 1 aliphatic carbocycles. The van der Waals surface area contributed by atoms with Crippen molar-refractivity contribution in [3.8, 4) is 0 Å². The Balaban J connectivity index is 1.65. The Bertz CT molecular complexity index is 865. The molecule has 1 saturated carbocycles. The van der Waals surface area contributed by atoms with Gasteiger partial charge < -0.3 is 14.4 Å². The van der Waals surface area contributed by atoms with E-state index in [2.05, 4.69) is 4.90 Å². The van der Waals surface area contributed by atoms with Gasteiger partial charge in [0.2, 0.25) is 11.8 Å². The van der Waals surface area contributed by atoms with E-state index in [0.29, 0.717) is 25.6 Å². The number of hydrogen-bond acceptors (Lipinski definition) is 3. The highest BCUT2D eigenvalue weighted by Crippen LogP contribution is 2.35. The van der Waals surface area contributed by atoms with E-state index in [-0.39, 0.29) is 24.3 Å². The van der Waals surface area contributed by atoms with Crippen molar-refractivity contribution >= 4 is 22.8 Å². The van der Waals surface area contributed by atoms with E-state index in [0.717, 1.165) is 36.2 Å². The zero-order chi connectivity index (χ0) is 19.7. The second kappa shape index (κ2) is 7.94. The minimum atomic E-state index is 0.0602. The molecule has 0 unspecified atom stereocenters. The van der Waals surface area contributed by atoms with E-state index < -0.39 is 0 Å². The van der Waals surface area contributed by atoms with Crippen LogP contribution in [0, 0.1) is 0 Å². The molecule has 6 nitrogen and oxygen atoms in total. The second-order valence-electron chi connectivity index (χ2n) is 8.00. The van der Waals surface area contributed by atoms with Gasteiger partial charge in [-0.1, -0.05) is 25.0 Å². The van der Waals surface area contributed by atoms with Gasteiger partial charge in [0.05, 0.1) is 11.0 Å². The number of hydrogen-bond donors (Lipinski definition) is 0. The topological polar surface area (TPSA) is 58.4 Å². The van der Waals surface area contributed by atoms with E-state index in [9.17, 15) is 9.59 Å². The van der Waals surface area contributed by atoms with Crippen LogP contribution in [0.15, 0.2) is 24.3 Å². The van der Waals surface area contributed by atoms with Gasteiger partial charge in [-0.3, -0.25) is 9.59 Å². The van der Waals surface area contributed by atoms with Crippen LogP contribution in [0.3, 0.4) is 0 Å². The van der Waals surface area contributed by atoms with Gasteiger partial charge in [-0.25, -0.2) is 4.98 Å². The van der Waals surface area contributed by atoms with Gasteiger partial charge in [0.1, 0.15) is 12.4 Å². The number of carbonyl (C=O) groups excluding carboxylic acids is 2. The van der Waals surface area contributed by atoms with Crippen molar-refractivity contribution in [3.05, 3.63) is 30.1 Å². The molecule has 2 aliphatic rings. The van der Waals surface area contributed by atoms with Crippen LogP contribution >= 0.6 is 0 Å². The standard InChI is InChI=1S/C22H30N4O2/c1-3-24(4-2)21(28)15-26-19-12-8-7-11-18(19)23-22(26)16-13-20(27)25(14-16)17-9-5-6-10-17/h7-8,11-12,16-17H,3-6,9-10,13-15H2,1-2H3/t16-/m0/s1. The van der Waals surface area contributed by atoms with Gasteiger partial charge in [-0.15, -0.1) is 0 Å². The smallest absolute Gasteiger partial charge is 0.242 e. The first-order valence-electron chi connectivity index (χ1n) is 10.6. The number of carbonyl (C=O) groups is 2. The fourth-order valence-electron chi connectivity index (χ4n) is 4.86. The second-order valence-corrected chi connectivity index (χ2v) is 8.00. The van der Waals surface area contributed by atoms with Crippen molar-refractivity contribution < 1.29 is 9.59 Å². The fraction of sp³-hybridized carbons (Fsp3) is 0.591. The number of aromatic nitrogens is 2. The first-order valence-corrected chi connectivity index (χ1v) is 10.6. The van der Waals surface area contributed by atoms with Crippen molar-refractivity contribution in [2.75, 3.05) is 19.6 Å². The van der Waals surface area contributed by atoms with Gasteiger partial charge in [-0.2, -0.15) is 0 Å². The van der Waals surface area contributed by atoms with E-state index in [1.165, 1.54) is 12.8 Å². The fourth-order valence-corrected chi connectivity index (χ4v) is 4.86. The van der Waals surface area contributed by atoms with Crippen molar-refractivity contribution in [2.45, 2.75) is 64.5 Å². The summed E-state index contributed by atoms with van der Waals surface area (Å²) < 4.78 is 2.05. The lowest BCUT2D eigenvalue weighted by atomic mass is 10.1. The quantitative estimate of drug-likeness (QED) is 0.771. The summed E-state index contributed by atoms with van der Waals surface area (Å²) >= 11 is 0. The van der Waals surface area contributed by atoms with Gasteiger partial charge in [0.25, 0.3) is 0 Å². The van der Waals surface area contributed by atoms with Crippen molar-refractivity contribution in [1.82, 2.24) is 19.4 Å². The van der Waals surface area contributed by atoms with Crippen LogP contribution in [0.5, 0.6) is 0 Å². The number of likely N-dealkylation sites (tertiary alicyclic amines) is 1. The molecule has 0 bridgehead atoms. The molecule has 6 heteroatoms. The number of para-hydroxylation sites is 2. The number of rotatable bonds is 6. The monoisotopic (exact) mass is 382 g/mol. The lowest BCUT2D eigenvalue weighted by Crippen LogP contribution is -2.35. The Labute approximate surface area is 166 Å². The third-order valence-corrected chi connectivity index (χ3v) is 6.38. The van der Waals surface area contributed by atoms with Crippen molar-refractivity contribution in [2.24, 2.45) is 0 Å². The molecule has 150 valence electrons. The summed E-state index contributed by atoms with van der Waals surface area (Å²) in [5.41, 5.74) is 1.88. The molecule has 1 aromatic carbocycles. The van der Waals surface area contributed by atoms with Crippen LogP contribution in [-0.2, 0) is 16.1 Å². The van der Waals surface area contributed by atoms with E-state index in [4.69, 9.17) is 4.98 Å². The summed E-state index contributed by atoms with van der Waals surface area (Å²) in [5, 5.41) is 0. The Hall–Kier alpha value is -2.37. The Kier molecular flexibility index (Phi) is 5.38. The molecule has 4 rings (SSSR count). The number of amides is 2. The summed E-state index contributed by atoms with van der Waals surface area (Å²) in [6.07, 6.45) is 5.18. The van der Waals surface area contributed by atoms with Crippen molar-refractivity contribution in [3.63, 3.8) is 0 Å². The summed E-state index contributed by atoms with van der Waals surface area (Å²) in [4.78, 5) is 34.3. The molecule has 1 saturated heterocycles. The lowest BCUT2D eigenvalue weighted by Gasteiger charge is -2.24. The molecule has 0 radical (unpaired) electrons. The van der Waals surface area contributed by atoms with Crippen molar-refractivity contribution in [1.29, 1.82) is 0 Å². The van der Waals surface area contributed by atoms with Crippen LogP contribution in [-0.4, -0.2) is 56.8 Å². The van der Waals surface area contributed by atoms with Gasteiger partial charge in [-0.05, 0) is 38.8 Å². The summed E-state index contributed by atoms with van der Waals surface area (Å²) in [5.74, 6) is 1.29. The predicted octanol–water partition coefficient (Wildman–Crippen LogP) is 3.16. The summed E-state index contributed by atoms with van der Waals surface area (Å²) in [7, 11) is 0. The van der Waals surface area contributed by atoms with Gasteiger partial charge in [0.15, 0.2) is 0 Å². The molecular weight excluding hydrogens is 352 g/mol. The molecule has 1 aromatic heterocycles. The summed E-state index contributed by atoms with van der Waals surface area (Å²) in [6.45, 7) is 6.42. The van der Waals surface area contributed by atoms with Crippen LogP contribution in [0.25, 0.3) is 11.0 Å². The SMILES string of the molecule is CCN(CC)C(=O)Cn1c([C@H]2CC(=O)N(C3CCCC3)C2)nc2ccccc21. The summed E-state index contributed by atoms with van der Waals surface area (Å²) in [6, 6.07) is 8.36. The minimum absolute atomic E-state index is 0.0602. The average Bonchev–Trinajstić information content (AvgIpc) is 3.42. The van der Waals surface area contributed by atoms with Crippen LogP contribution in [0.2, 0.25) is 0 Å². The molecule has 1 atom stereocenters. The number of nitrogens with zero attached hydrogens (tertiary/aromatic N) is 4. The van der Waals surface area contributed by atoms with E-state index in [1.54, 1.807) is 0 Å². The highest BCUT2D eigenvalue weighted by atomic mass is 16.2. The van der Waals surface area contributed by atoms with Crippen LogP contribution in [0.4, 0.5) is 0 Å². The minimum Gasteiger partial charge on any atom is -0.342 e. The highest BCUT2D eigenvalue weighted by Gasteiger charge is 2.38. The molecule has 2 heterocycles. The Morgan fingerprint density at radius 1 is 1.18 bits per heavy atom. The zero-order valence-corrected chi connectivity index (χ0v) is 16.9. The highest BCUT2D eigenvalue weighted by molar-refractivity contribution is 5.83. The molecule has 0 N–H and O–H groups in total. The van der Waals surface area contributed by atoms with E-state index >= 15 is 0 Å². The normalized spacial score (nSPS) is 20.4. The average molecular weight is 383 g/mol. The molecule has 0 spiro atoms. The number of imidazole rings is 1. The van der Waals surface area contributed by atoms with Gasteiger partial charge in [0, 0.05) is 38.0 Å². The molecule has 2 aromatic rings. The van der Waals surface area contributed by atoms with E-state index in [1.807, 2.05) is 47.6 Å². The maximum Gasteiger partial charge on any atom is 0.242 e. The molecule has 1 aliphatic heterocycles. The Morgan fingerprint density at radius 2 is 1.89 bits per heavy atom. The van der Waals surface area contributed by atoms with Crippen LogP contribution < -0.4 is 0 Å². The number of benzene rings is 1. The third-order valence-electron chi connectivity index (χ3n) is 6.38. The Morgan fingerprint density at radius 3 is 2.61 bits per heavy atom. The zero-order valence-electron chi connectivity index (χ0n) is 16.9. The largest absolute Gasteiger partial charge is 0.342 e. The maximum absolute atomic E-state index is 12.8. The lowest BCUT2D eigenvalue weighted by molar-refractivity contribution is -0.131. The molecular formula is C22H30N4O2. The molecule has 2 amide bonds. The first-order chi connectivity index (χ1) is 13.6. The maximum atomic E-state index is 12.8. The number of fused-ring (bicyclic) bond motifs is 1. The van der Waals surface area contributed by atoms with Gasteiger partial charge >= 0.3 is 0 Å². The molecule has 2 fully saturated rings.